The molecule has 0 saturated heterocycles. The van der Waals surface area contributed by atoms with Gasteiger partial charge in [-0.15, -0.1) is 11.3 Å². The molecule has 2 amide bonds. The molecule has 2 aromatic rings. The third kappa shape index (κ3) is 4.70. The molecule has 6 nitrogen and oxygen atoms in total. The van der Waals surface area contributed by atoms with E-state index in [0.717, 1.165) is 17.1 Å². The van der Waals surface area contributed by atoms with Crippen LogP contribution in [0.3, 0.4) is 0 Å². The maximum absolute atomic E-state index is 12.8. The van der Waals surface area contributed by atoms with Gasteiger partial charge in [0.25, 0.3) is 5.91 Å². The number of anilines is 1. The van der Waals surface area contributed by atoms with Crippen molar-refractivity contribution in [2.45, 2.75) is 25.4 Å². The van der Waals surface area contributed by atoms with Crippen LogP contribution in [0.25, 0.3) is 0 Å². The summed E-state index contributed by atoms with van der Waals surface area (Å²) in [5.74, 6) is -0.613. The smallest absolute Gasteiger partial charge is 0.297 e. The van der Waals surface area contributed by atoms with Crippen molar-refractivity contribution in [3.05, 3.63) is 46.5 Å². The standard InChI is InChI=1S/C17H15F3N4O2S/c1-24-14(25)6-5-13(23-24)15(26)22-16-21-9-12(27-16)8-10-3-2-4-11(7-10)17(18,19)20/h2-4,7,9H,5-6,8H2,1H3,(H,21,22,26). The number of hydrazone groups is 1. The summed E-state index contributed by atoms with van der Waals surface area (Å²) in [6, 6.07) is 5.09. The van der Waals surface area contributed by atoms with Gasteiger partial charge in [0.15, 0.2) is 5.13 Å². The minimum atomic E-state index is -4.39. The Morgan fingerprint density at radius 3 is 2.81 bits per heavy atom. The summed E-state index contributed by atoms with van der Waals surface area (Å²) in [5, 5.41) is 7.98. The monoisotopic (exact) mass is 396 g/mol. The number of hydrogen-bond donors (Lipinski definition) is 1. The molecule has 1 N–H and O–H groups in total. The van der Waals surface area contributed by atoms with Crippen LogP contribution in [0.5, 0.6) is 0 Å². The van der Waals surface area contributed by atoms with Crippen molar-refractivity contribution in [3.8, 4) is 0 Å². The lowest BCUT2D eigenvalue weighted by Gasteiger charge is -2.18. The Labute approximate surface area is 156 Å². The second kappa shape index (κ2) is 7.47. The van der Waals surface area contributed by atoms with Crippen LogP contribution in [0.2, 0.25) is 0 Å². The Bertz CT molecular complexity index is 908. The van der Waals surface area contributed by atoms with Crippen LogP contribution >= 0.6 is 11.3 Å². The number of nitrogens with one attached hydrogen (secondary N) is 1. The van der Waals surface area contributed by atoms with Crippen molar-refractivity contribution in [1.29, 1.82) is 0 Å². The highest BCUT2D eigenvalue weighted by molar-refractivity contribution is 7.15. The van der Waals surface area contributed by atoms with E-state index < -0.39 is 17.6 Å². The molecule has 27 heavy (non-hydrogen) atoms. The highest BCUT2D eigenvalue weighted by Gasteiger charge is 2.30. The molecule has 0 atom stereocenters. The Morgan fingerprint density at radius 1 is 1.33 bits per heavy atom. The van der Waals surface area contributed by atoms with Gasteiger partial charge in [0, 0.05) is 37.4 Å². The lowest BCUT2D eigenvalue weighted by atomic mass is 10.1. The molecule has 0 saturated carbocycles. The summed E-state index contributed by atoms with van der Waals surface area (Å²) in [4.78, 5) is 28.4. The van der Waals surface area contributed by atoms with E-state index in [4.69, 9.17) is 0 Å². The van der Waals surface area contributed by atoms with E-state index in [0.29, 0.717) is 15.6 Å². The zero-order chi connectivity index (χ0) is 19.6. The molecule has 1 aromatic carbocycles. The van der Waals surface area contributed by atoms with Crippen LogP contribution in [-0.4, -0.2) is 34.6 Å². The van der Waals surface area contributed by atoms with Crippen LogP contribution < -0.4 is 5.32 Å². The zero-order valence-electron chi connectivity index (χ0n) is 14.2. The van der Waals surface area contributed by atoms with Gasteiger partial charge in [-0.3, -0.25) is 14.9 Å². The number of rotatable bonds is 4. The lowest BCUT2D eigenvalue weighted by molar-refractivity contribution is -0.137. The number of aromatic nitrogens is 1. The molecule has 1 aliphatic rings. The van der Waals surface area contributed by atoms with E-state index in [1.807, 2.05) is 0 Å². The summed E-state index contributed by atoms with van der Waals surface area (Å²) in [7, 11) is 1.48. The van der Waals surface area contributed by atoms with Crippen LogP contribution in [0.15, 0.2) is 35.6 Å². The predicted octanol–water partition coefficient (Wildman–Crippen LogP) is 3.30. The van der Waals surface area contributed by atoms with E-state index in [-0.39, 0.29) is 30.9 Å². The molecule has 0 spiro atoms. The molecule has 0 bridgehead atoms. The fourth-order valence-corrected chi connectivity index (χ4v) is 3.35. The van der Waals surface area contributed by atoms with Gasteiger partial charge in [0.05, 0.1) is 5.56 Å². The number of hydrogen-bond acceptors (Lipinski definition) is 5. The molecule has 0 unspecified atom stereocenters. The summed E-state index contributed by atoms with van der Waals surface area (Å²) in [6.07, 6.45) is -2.15. The number of benzene rings is 1. The number of amides is 2. The number of carbonyl (C=O) groups is 2. The second-order valence-corrected chi connectivity index (χ2v) is 7.04. The first-order chi connectivity index (χ1) is 12.7. The quantitative estimate of drug-likeness (QED) is 0.862. The third-order valence-electron chi connectivity index (χ3n) is 3.88. The van der Waals surface area contributed by atoms with E-state index in [2.05, 4.69) is 15.4 Å². The zero-order valence-corrected chi connectivity index (χ0v) is 15.0. The van der Waals surface area contributed by atoms with Crippen LogP contribution in [0, 0.1) is 0 Å². The van der Waals surface area contributed by atoms with E-state index in [9.17, 15) is 22.8 Å². The van der Waals surface area contributed by atoms with E-state index in [1.165, 1.54) is 30.6 Å². The van der Waals surface area contributed by atoms with Crippen LogP contribution in [0.1, 0.15) is 28.8 Å². The highest BCUT2D eigenvalue weighted by atomic mass is 32.1. The molecule has 3 rings (SSSR count). The van der Waals surface area contributed by atoms with Gasteiger partial charge in [-0.2, -0.15) is 18.3 Å². The summed E-state index contributed by atoms with van der Waals surface area (Å²) in [6.45, 7) is 0. The molecule has 0 aliphatic carbocycles. The first kappa shape index (κ1) is 19.0. The van der Waals surface area contributed by atoms with Gasteiger partial charge in [-0.05, 0) is 11.6 Å². The maximum Gasteiger partial charge on any atom is 0.416 e. The molecule has 1 aromatic heterocycles. The number of thiazole rings is 1. The van der Waals surface area contributed by atoms with Gasteiger partial charge in [-0.25, -0.2) is 9.99 Å². The molecule has 0 fully saturated rings. The second-order valence-electron chi connectivity index (χ2n) is 5.92. The topological polar surface area (TPSA) is 74.7 Å². The number of alkyl halides is 3. The number of nitrogens with zero attached hydrogens (tertiary/aromatic N) is 3. The SMILES string of the molecule is CN1N=C(C(=O)Nc2ncc(Cc3cccc(C(F)(F)F)c3)s2)CCC1=O. The predicted molar refractivity (Wildman–Crippen MR) is 94.4 cm³/mol. The Balaban J connectivity index is 1.66. The minimum absolute atomic E-state index is 0.163. The van der Waals surface area contributed by atoms with Crippen molar-refractivity contribution < 1.29 is 22.8 Å². The summed E-state index contributed by atoms with van der Waals surface area (Å²) < 4.78 is 38.4. The lowest BCUT2D eigenvalue weighted by Crippen LogP contribution is -2.34. The van der Waals surface area contributed by atoms with Crippen molar-refractivity contribution in [2.75, 3.05) is 12.4 Å². The van der Waals surface area contributed by atoms with Crippen LogP contribution in [0.4, 0.5) is 18.3 Å². The fourth-order valence-electron chi connectivity index (χ4n) is 2.51. The van der Waals surface area contributed by atoms with Gasteiger partial charge in [-0.1, -0.05) is 18.2 Å². The van der Waals surface area contributed by atoms with Crippen molar-refractivity contribution in [2.24, 2.45) is 5.10 Å². The molecule has 10 heteroatoms. The van der Waals surface area contributed by atoms with Crippen molar-refractivity contribution in [1.82, 2.24) is 9.99 Å². The third-order valence-corrected chi connectivity index (χ3v) is 4.79. The summed E-state index contributed by atoms with van der Waals surface area (Å²) in [5.41, 5.74) is 0.0295. The molecular formula is C17H15F3N4O2S. The van der Waals surface area contributed by atoms with E-state index in [1.54, 1.807) is 6.07 Å². The van der Waals surface area contributed by atoms with Gasteiger partial charge >= 0.3 is 6.18 Å². The van der Waals surface area contributed by atoms with Crippen LogP contribution in [-0.2, 0) is 22.2 Å². The minimum Gasteiger partial charge on any atom is -0.297 e. The average molecular weight is 396 g/mol. The maximum atomic E-state index is 12.8. The molecule has 142 valence electrons. The largest absolute Gasteiger partial charge is 0.416 e. The van der Waals surface area contributed by atoms with Gasteiger partial charge in [0.1, 0.15) is 5.71 Å². The Hall–Kier alpha value is -2.75. The summed E-state index contributed by atoms with van der Waals surface area (Å²) >= 11 is 1.17. The fraction of sp³-hybridized carbons (Fsp3) is 0.294. The molecule has 2 heterocycles. The Morgan fingerprint density at radius 2 is 2.11 bits per heavy atom. The van der Waals surface area contributed by atoms with Crippen molar-refractivity contribution >= 4 is 34.0 Å². The molecular weight excluding hydrogens is 381 g/mol. The van der Waals surface area contributed by atoms with Crippen molar-refractivity contribution in [3.63, 3.8) is 0 Å². The number of carbonyl (C=O) groups excluding carboxylic acids is 2. The normalized spacial score (nSPS) is 14.9. The van der Waals surface area contributed by atoms with Gasteiger partial charge < -0.3 is 0 Å². The molecule has 1 aliphatic heterocycles. The first-order valence-corrected chi connectivity index (χ1v) is 8.80. The number of halogens is 3. The van der Waals surface area contributed by atoms with E-state index >= 15 is 0 Å². The Kier molecular flexibility index (Phi) is 5.26. The highest BCUT2D eigenvalue weighted by Crippen LogP contribution is 2.30. The first-order valence-electron chi connectivity index (χ1n) is 7.98. The van der Waals surface area contributed by atoms with Gasteiger partial charge in [0.2, 0.25) is 5.91 Å². The molecule has 0 radical (unpaired) electrons. The average Bonchev–Trinajstić information content (AvgIpc) is 3.03.